The first-order valence-corrected chi connectivity index (χ1v) is 13.2. The Morgan fingerprint density at radius 2 is 1.83 bits per heavy atom. The van der Waals surface area contributed by atoms with Crippen molar-refractivity contribution in [1.29, 1.82) is 0 Å². The summed E-state index contributed by atoms with van der Waals surface area (Å²) in [5, 5.41) is 11.1. The lowest BCUT2D eigenvalue weighted by Gasteiger charge is -2.32. The van der Waals surface area contributed by atoms with Gasteiger partial charge in [0.25, 0.3) is 0 Å². The molecule has 0 amide bonds. The van der Waals surface area contributed by atoms with Gasteiger partial charge >= 0.3 is 0 Å². The second-order valence-corrected chi connectivity index (χ2v) is 10.3. The van der Waals surface area contributed by atoms with Crippen LogP contribution in [0.25, 0.3) is 11.1 Å². The molecule has 0 bridgehead atoms. The van der Waals surface area contributed by atoms with Crippen molar-refractivity contribution in [2.24, 2.45) is 5.92 Å². The minimum Gasteiger partial charge on any atom is -0.385 e. The van der Waals surface area contributed by atoms with Crippen LogP contribution in [0.2, 0.25) is 5.02 Å². The zero-order valence-electron chi connectivity index (χ0n) is 20.8. The van der Waals surface area contributed by atoms with E-state index in [2.05, 4.69) is 27.9 Å². The Balaban J connectivity index is 1.38. The standard InChI is InChI=1S/C27H38ClFN4O2/c1-18(17-34-2)32-20-3-5-21(6-4-20)33-27-14-23(25(28)16-31-27)24-13-22(7-8-26(24)29)30-15-19-9-11-35-12-10-19/h7-8,13-14,16,18-21,30,32H,3-6,9-12,15,17H2,1-2H3,(H,31,33)/t18-,20-,21-/m0/s1. The molecule has 1 aliphatic carbocycles. The average Bonchev–Trinajstić information content (AvgIpc) is 2.87. The van der Waals surface area contributed by atoms with Crippen LogP contribution in [-0.2, 0) is 9.47 Å². The predicted octanol–water partition coefficient (Wildman–Crippen LogP) is 5.73. The van der Waals surface area contributed by atoms with E-state index in [1.54, 1.807) is 19.4 Å². The highest BCUT2D eigenvalue weighted by atomic mass is 35.5. The van der Waals surface area contributed by atoms with Crippen LogP contribution in [0.1, 0.15) is 45.4 Å². The summed E-state index contributed by atoms with van der Waals surface area (Å²) in [6.45, 7) is 5.36. The lowest BCUT2D eigenvalue weighted by molar-refractivity contribution is 0.0699. The van der Waals surface area contributed by atoms with Crippen molar-refractivity contribution in [2.75, 3.05) is 44.1 Å². The molecule has 8 heteroatoms. The second kappa shape index (κ2) is 12.9. The molecule has 2 aliphatic rings. The molecule has 35 heavy (non-hydrogen) atoms. The maximum atomic E-state index is 14.9. The SMILES string of the molecule is COC[C@H](C)N[C@H]1CC[C@H](Nc2cc(-c3cc(NCC4CCOCC4)ccc3F)c(Cl)cn2)CC1. The monoisotopic (exact) mass is 504 g/mol. The Labute approximate surface area is 213 Å². The van der Waals surface area contributed by atoms with Crippen LogP contribution in [0.15, 0.2) is 30.5 Å². The molecule has 3 N–H and O–H groups in total. The highest BCUT2D eigenvalue weighted by Crippen LogP contribution is 2.34. The highest BCUT2D eigenvalue weighted by molar-refractivity contribution is 6.33. The quantitative estimate of drug-likeness (QED) is 0.384. The minimum absolute atomic E-state index is 0.294. The van der Waals surface area contributed by atoms with E-state index in [1.807, 2.05) is 12.1 Å². The number of methoxy groups -OCH3 is 1. The molecule has 2 heterocycles. The summed E-state index contributed by atoms with van der Waals surface area (Å²) < 4.78 is 25.5. The predicted molar refractivity (Wildman–Crippen MR) is 141 cm³/mol. The molecule has 1 aromatic carbocycles. The Morgan fingerprint density at radius 1 is 1.09 bits per heavy atom. The molecule has 1 saturated carbocycles. The van der Waals surface area contributed by atoms with Gasteiger partial charge in [0.05, 0.1) is 11.6 Å². The summed E-state index contributed by atoms with van der Waals surface area (Å²) in [4.78, 5) is 4.47. The fourth-order valence-corrected chi connectivity index (χ4v) is 5.30. The van der Waals surface area contributed by atoms with Crippen molar-refractivity contribution >= 4 is 23.1 Å². The highest BCUT2D eigenvalue weighted by Gasteiger charge is 2.23. The number of ether oxygens (including phenoxy) is 2. The second-order valence-electron chi connectivity index (χ2n) is 9.90. The van der Waals surface area contributed by atoms with Gasteiger partial charge in [0.15, 0.2) is 0 Å². The van der Waals surface area contributed by atoms with E-state index in [9.17, 15) is 4.39 Å². The van der Waals surface area contributed by atoms with Crippen molar-refractivity contribution in [2.45, 2.75) is 63.6 Å². The molecule has 0 unspecified atom stereocenters. The zero-order valence-corrected chi connectivity index (χ0v) is 21.5. The van der Waals surface area contributed by atoms with Crippen LogP contribution in [0.5, 0.6) is 0 Å². The van der Waals surface area contributed by atoms with Gasteiger partial charge in [0.2, 0.25) is 0 Å². The molecular formula is C27H38ClFN4O2. The maximum absolute atomic E-state index is 14.9. The van der Waals surface area contributed by atoms with Crippen LogP contribution in [-0.4, -0.2) is 56.6 Å². The summed E-state index contributed by atoms with van der Waals surface area (Å²) in [5.74, 6) is 1.01. The van der Waals surface area contributed by atoms with Crippen LogP contribution in [0.3, 0.4) is 0 Å². The van der Waals surface area contributed by atoms with Crippen molar-refractivity contribution in [3.8, 4) is 11.1 Å². The molecule has 1 atom stereocenters. The summed E-state index contributed by atoms with van der Waals surface area (Å²) in [6, 6.07) is 8.21. The fraction of sp³-hybridized carbons (Fsp3) is 0.593. The summed E-state index contributed by atoms with van der Waals surface area (Å²) >= 11 is 6.48. The first kappa shape index (κ1) is 26.1. The van der Waals surface area contributed by atoms with Crippen molar-refractivity contribution < 1.29 is 13.9 Å². The first-order valence-electron chi connectivity index (χ1n) is 12.8. The normalized spacial score (nSPS) is 22.1. The average molecular weight is 505 g/mol. The van der Waals surface area contributed by atoms with Crippen molar-refractivity contribution in [1.82, 2.24) is 10.3 Å². The lowest BCUT2D eigenvalue weighted by Crippen LogP contribution is -2.42. The van der Waals surface area contributed by atoms with Gasteiger partial charge in [-0.25, -0.2) is 9.37 Å². The molecular weight excluding hydrogens is 467 g/mol. The van der Waals surface area contributed by atoms with Gasteiger partial charge in [-0.15, -0.1) is 0 Å². The Kier molecular flexibility index (Phi) is 9.60. The largest absolute Gasteiger partial charge is 0.385 e. The van der Waals surface area contributed by atoms with E-state index in [4.69, 9.17) is 21.1 Å². The van der Waals surface area contributed by atoms with Crippen LogP contribution in [0.4, 0.5) is 15.9 Å². The van der Waals surface area contributed by atoms with Crippen LogP contribution < -0.4 is 16.0 Å². The van der Waals surface area contributed by atoms with Crippen LogP contribution in [0, 0.1) is 11.7 Å². The molecule has 1 aliphatic heterocycles. The van der Waals surface area contributed by atoms with E-state index >= 15 is 0 Å². The first-order chi connectivity index (χ1) is 17.0. The Hall–Kier alpha value is -1.93. The third-order valence-corrected chi connectivity index (χ3v) is 7.36. The number of rotatable bonds is 10. The number of pyridine rings is 1. The third kappa shape index (κ3) is 7.53. The number of nitrogens with zero attached hydrogens (tertiary/aromatic N) is 1. The summed E-state index contributed by atoms with van der Waals surface area (Å²) in [5.41, 5.74) is 2.03. The molecule has 1 saturated heterocycles. The van der Waals surface area contributed by atoms with E-state index in [-0.39, 0.29) is 5.82 Å². The molecule has 0 spiro atoms. The van der Waals surface area contributed by atoms with Gasteiger partial charge in [0, 0.05) is 68.0 Å². The zero-order chi connectivity index (χ0) is 24.6. The summed E-state index contributed by atoms with van der Waals surface area (Å²) in [7, 11) is 1.73. The third-order valence-electron chi connectivity index (χ3n) is 7.06. The number of nitrogens with one attached hydrogen (secondary N) is 3. The van der Waals surface area contributed by atoms with Gasteiger partial charge in [-0.2, -0.15) is 0 Å². The number of hydrogen-bond donors (Lipinski definition) is 3. The summed E-state index contributed by atoms with van der Waals surface area (Å²) in [6.07, 6.45) is 8.02. The molecule has 2 aromatic rings. The molecule has 2 fully saturated rings. The molecule has 192 valence electrons. The smallest absolute Gasteiger partial charge is 0.131 e. The van der Waals surface area contributed by atoms with Gasteiger partial charge in [-0.1, -0.05) is 11.6 Å². The number of aromatic nitrogens is 1. The van der Waals surface area contributed by atoms with Gasteiger partial charge in [-0.3, -0.25) is 0 Å². The van der Waals surface area contributed by atoms with Gasteiger partial charge in [0.1, 0.15) is 11.6 Å². The molecule has 6 nitrogen and oxygen atoms in total. The van der Waals surface area contributed by atoms with Crippen molar-refractivity contribution in [3.05, 3.63) is 41.3 Å². The van der Waals surface area contributed by atoms with E-state index in [0.29, 0.717) is 40.2 Å². The fourth-order valence-electron chi connectivity index (χ4n) is 5.09. The number of hydrogen-bond acceptors (Lipinski definition) is 6. The Morgan fingerprint density at radius 3 is 2.57 bits per heavy atom. The topological polar surface area (TPSA) is 67.4 Å². The van der Waals surface area contributed by atoms with E-state index in [0.717, 1.165) is 76.4 Å². The number of anilines is 2. The molecule has 4 rings (SSSR count). The lowest BCUT2D eigenvalue weighted by atomic mass is 9.90. The molecule has 1 aromatic heterocycles. The Bertz CT molecular complexity index is 949. The number of halogens is 2. The van der Waals surface area contributed by atoms with Crippen LogP contribution >= 0.6 is 11.6 Å². The van der Waals surface area contributed by atoms with Gasteiger partial charge < -0.3 is 25.4 Å². The maximum Gasteiger partial charge on any atom is 0.131 e. The minimum atomic E-state index is -0.294. The van der Waals surface area contributed by atoms with Crippen molar-refractivity contribution in [3.63, 3.8) is 0 Å². The van der Waals surface area contributed by atoms with E-state index in [1.165, 1.54) is 6.07 Å². The van der Waals surface area contributed by atoms with E-state index < -0.39 is 0 Å². The van der Waals surface area contributed by atoms with Gasteiger partial charge in [-0.05, 0) is 75.6 Å². The number of benzene rings is 1. The molecule has 0 radical (unpaired) electrons.